The Kier molecular flexibility index (Phi) is 5.07. The lowest BCUT2D eigenvalue weighted by molar-refractivity contribution is 0.0941. The number of nitrogens with zero attached hydrogens (tertiary/aromatic N) is 3. The molecule has 0 spiro atoms. The molecule has 0 unspecified atom stereocenters. The molecule has 1 N–H and O–H groups in total. The average Bonchev–Trinajstić information content (AvgIpc) is 3.53. The minimum absolute atomic E-state index is 0.0146. The molecule has 0 bridgehead atoms. The highest BCUT2D eigenvalue weighted by molar-refractivity contribution is 5.92. The Labute approximate surface area is 171 Å². The van der Waals surface area contributed by atoms with Crippen LogP contribution < -0.4 is 16.6 Å². The van der Waals surface area contributed by atoms with Crippen LogP contribution in [0.1, 0.15) is 40.0 Å². The van der Waals surface area contributed by atoms with Crippen LogP contribution in [0, 0.1) is 19.7 Å². The number of hydrogen-bond acceptors (Lipinski definition) is 4. The van der Waals surface area contributed by atoms with Crippen molar-refractivity contribution < 1.29 is 9.18 Å². The number of aromatic nitrogens is 3. The van der Waals surface area contributed by atoms with Gasteiger partial charge in [-0.25, -0.2) is 9.18 Å². The third kappa shape index (κ3) is 3.80. The van der Waals surface area contributed by atoms with E-state index >= 15 is 0 Å². The molecular weight excluding hydrogens is 387 g/mol. The topological polar surface area (TPSA) is 86.0 Å². The lowest BCUT2D eigenvalue weighted by Gasteiger charge is -2.13. The van der Waals surface area contributed by atoms with Gasteiger partial charge in [-0.3, -0.25) is 14.2 Å². The average molecular weight is 408 g/mol. The molecule has 0 saturated heterocycles. The van der Waals surface area contributed by atoms with Gasteiger partial charge < -0.3 is 5.32 Å². The molecule has 8 heteroatoms. The van der Waals surface area contributed by atoms with Crippen molar-refractivity contribution in [1.82, 2.24) is 19.7 Å². The number of amides is 1. The molecule has 7 nitrogen and oxygen atoms in total. The van der Waals surface area contributed by atoms with E-state index in [0.717, 1.165) is 33.2 Å². The fourth-order valence-corrected chi connectivity index (χ4v) is 3.10. The predicted molar refractivity (Wildman–Crippen MR) is 110 cm³/mol. The first-order chi connectivity index (χ1) is 14.3. The van der Waals surface area contributed by atoms with Crippen LogP contribution in [-0.4, -0.2) is 26.3 Å². The number of carbonyl (C=O) groups excluding carboxylic acids is 1. The summed E-state index contributed by atoms with van der Waals surface area (Å²) in [6, 6.07) is 11.2. The van der Waals surface area contributed by atoms with Gasteiger partial charge in [0.2, 0.25) is 5.69 Å². The normalized spacial score (nSPS) is 13.3. The van der Waals surface area contributed by atoms with Crippen molar-refractivity contribution in [2.24, 2.45) is 0 Å². The third-order valence-electron chi connectivity index (χ3n) is 5.21. The van der Waals surface area contributed by atoms with Gasteiger partial charge in [0.15, 0.2) is 0 Å². The van der Waals surface area contributed by atoms with Crippen LogP contribution in [0.3, 0.4) is 0 Å². The van der Waals surface area contributed by atoms with E-state index in [1.807, 2.05) is 19.9 Å². The van der Waals surface area contributed by atoms with Gasteiger partial charge in [0.25, 0.3) is 11.5 Å². The maximum absolute atomic E-state index is 14.2. The Morgan fingerprint density at radius 3 is 2.53 bits per heavy atom. The molecule has 1 amide bonds. The van der Waals surface area contributed by atoms with E-state index in [1.165, 1.54) is 18.2 Å². The number of benzene rings is 2. The van der Waals surface area contributed by atoms with E-state index in [1.54, 1.807) is 18.2 Å². The van der Waals surface area contributed by atoms with Crippen LogP contribution in [0.4, 0.5) is 4.39 Å². The predicted octanol–water partition coefficient (Wildman–Crippen LogP) is 2.09. The molecule has 0 atom stereocenters. The van der Waals surface area contributed by atoms with E-state index in [9.17, 15) is 18.8 Å². The zero-order chi connectivity index (χ0) is 21.4. The van der Waals surface area contributed by atoms with E-state index in [4.69, 9.17) is 0 Å². The van der Waals surface area contributed by atoms with Crippen LogP contribution in [-0.2, 0) is 6.54 Å². The zero-order valence-electron chi connectivity index (χ0n) is 16.7. The Morgan fingerprint density at radius 2 is 1.87 bits per heavy atom. The van der Waals surface area contributed by atoms with Crippen molar-refractivity contribution in [3.63, 3.8) is 0 Å². The summed E-state index contributed by atoms with van der Waals surface area (Å²) >= 11 is 0. The Balaban J connectivity index is 1.90. The van der Waals surface area contributed by atoms with Gasteiger partial charge in [-0.1, -0.05) is 24.3 Å². The molecule has 1 fully saturated rings. The number of aryl methyl sites for hydroxylation is 2. The van der Waals surface area contributed by atoms with E-state index < -0.39 is 28.7 Å². The zero-order valence-corrected chi connectivity index (χ0v) is 16.7. The first-order valence-corrected chi connectivity index (χ1v) is 9.71. The summed E-state index contributed by atoms with van der Waals surface area (Å²) in [6.45, 7) is 3.52. The van der Waals surface area contributed by atoms with Crippen molar-refractivity contribution >= 4 is 5.91 Å². The smallest absolute Gasteiger partial charge is 0.348 e. The largest absolute Gasteiger partial charge is 0.352 e. The van der Waals surface area contributed by atoms with Crippen molar-refractivity contribution in [3.8, 4) is 5.69 Å². The van der Waals surface area contributed by atoms with Crippen molar-refractivity contribution in [2.75, 3.05) is 0 Å². The molecule has 0 aliphatic heterocycles. The van der Waals surface area contributed by atoms with Crippen LogP contribution >= 0.6 is 0 Å². The van der Waals surface area contributed by atoms with E-state index in [0.29, 0.717) is 5.69 Å². The summed E-state index contributed by atoms with van der Waals surface area (Å²) in [6.07, 6.45) is 1.68. The SMILES string of the molecule is Cc1ccc(-n2nc(C(=O)NC3CC3)c(=O)n(Cc3ccccc3F)c2=O)cc1C. The maximum Gasteiger partial charge on any atom is 0.352 e. The van der Waals surface area contributed by atoms with Gasteiger partial charge in [0, 0.05) is 11.6 Å². The monoisotopic (exact) mass is 408 g/mol. The quantitative estimate of drug-likeness (QED) is 0.701. The molecule has 30 heavy (non-hydrogen) atoms. The molecule has 4 rings (SSSR count). The number of halogens is 1. The van der Waals surface area contributed by atoms with E-state index in [2.05, 4.69) is 10.4 Å². The highest BCUT2D eigenvalue weighted by Crippen LogP contribution is 2.19. The maximum atomic E-state index is 14.2. The Hall–Kier alpha value is -3.55. The van der Waals surface area contributed by atoms with Gasteiger partial charge in [-0.2, -0.15) is 9.78 Å². The van der Waals surface area contributed by atoms with Gasteiger partial charge in [0.1, 0.15) is 5.82 Å². The Morgan fingerprint density at radius 1 is 1.13 bits per heavy atom. The summed E-state index contributed by atoms with van der Waals surface area (Å²) in [7, 11) is 0. The second-order valence-electron chi connectivity index (χ2n) is 7.54. The van der Waals surface area contributed by atoms with Gasteiger partial charge in [-0.15, -0.1) is 0 Å². The van der Waals surface area contributed by atoms with Crippen molar-refractivity contribution in [2.45, 2.75) is 39.3 Å². The molecule has 1 heterocycles. The summed E-state index contributed by atoms with van der Waals surface area (Å²) in [5.74, 6) is -1.18. The molecule has 1 saturated carbocycles. The molecule has 1 aromatic heterocycles. The fraction of sp³-hybridized carbons (Fsp3) is 0.273. The first kappa shape index (κ1) is 19.8. The molecule has 1 aliphatic carbocycles. The fourth-order valence-electron chi connectivity index (χ4n) is 3.10. The molecule has 3 aromatic rings. The lowest BCUT2D eigenvalue weighted by atomic mass is 10.1. The second kappa shape index (κ2) is 7.70. The van der Waals surface area contributed by atoms with Crippen molar-refractivity contribution in [1.29, 1.82) is 0 Å². The number of hydrogen-bond donors (Lipinski definition) is 1. The number of rotatable bonds is 5. The van der Waals surface area contributed by atoms with Crippen molar-refractivity contribution in [3.05, 3.63) is 91.5 Å². The number of nitrogens with one attached hydrogen (secondary N) is 1. The number of carbonyl (C=O) groups is 1. The summed E-state index contributed by atoms with van der Waals surface area (Å²) in [5, 5.41) is 6.81. The first-order valence-electron chi connectivity index (χ1n) is 9.71. The van der Waals surface area contributed by atoms with Gasteiger partial charge in [-0.05, 0) is 56.0 Å². The molecular formula is C22H21FN4O3. The van der Waals surface area contributed by atoms with Crippen LogP contribution in [0.5, 0.6) is 0 Å². The summed E-state index contributed by atoms with van der Waals surface area (Å²) in [4.78, 5) is 38.7. The minimum atomic E-state index is -0.846. The van der Waals surface area contributed by atoms with Crippen LogP contribution in [0.15, 0.2) is 52.1 Å². The van der Waals surface area contributed by atoms with E-state index in [-0.39, 0.29) is 18.2 Å². The van der Waals surface area contributed by atoms with Gasteiger partial charge >= 0.3 is 5.69 Å². The van der Waals surface area contributed by atoms with Crippen LogP contribution in [0.25, 0.3) is 5.69 Å². The third-order valence-corrected chi connectivity index (χ3v) is 5.21. The molecule has 0 radical (unpaired) electrons. The standard InChI is InChI=1S/C22H21FN4O3/c1-13-7-10-17(11-14(13)2)27-22(30)26(12-15-5-3-4-6-18(15)23)21(29)19(25-27)20(28)24-16-8-9-16/h3-7,10-11,16H,8-9,12H2,1-2H3,(H,24,28). The summed E-state index contributed by atoms with van der Waals surface area (Å²) < 4.78 is 16.1. The lowest BCUT2D eigenvalue weighted by Crippen LogP contribution is -2.46. The molecule has 2 aromatic carbocycles. The Bertz CT molecular complexity index is 1260. The molecule has 1 aliphatic rings. The van der Waals surface area contributed by atoms with Crippen LogP contribution in [0.2, 0.25) is 0 Å². The summed E-state index contributed by atoms with van der Waals surface area (Å²) in [5.41, 5.74) is 0.566. The second-order valence-corrected chi connectivity index (χ2v) is 7.54. The minimum Gasteiger partial charge on any atom is -0.348 e. The highest BCUT2D eigenvalue weighted by Gasteiger charge is 2.27. The highest BCUT2D eigenvalue weighted by atomic mass is 19.1. The van der Waals surface area contributed by atoms with Gasteiger partial charge in [0.05, 0.1) is 12.2 Å². The molecule has 154 valence electrons.